The van der Waals surface area contributed by atoms with Crippen molar-refractivity contribution in [3.8, 4) is 5.75 Å². The predicted molar refractivity (Wildman–Crippen MR) is 114 cm³/mol. The normalized spacial score (nSPS) is 33.5. The monoisotopic (exact) mass is 445 g/mol. The fourth-order valence-corrected chi connectivity index (χ4v) is 5.35. The van der Waals surface area contributed by atoms with Crippen LogP contribution >= 0.6 is 0 Å². The highest BCUT2D eigenvalue weighted by molar-refractivity contribution is 5.97. The smallest absolute Gasteiger partial charge is 0.326 e. The molecule has 3 fully saturated rings. The van der Waals surface area contributed by atoms with Crippen LogP contribution < -0.4 is 4.74 Å². The molecule has 2 saturated carbocycles. The first kappa shape index (κ1) is 21.4. The van der Waals surface area contributed by atoms with Gasteiger partial charge in [0.1, 0.15) is 23.8 Å². The molecule has 5 nitrogen and oxygen atoms in total. The summed E-state index contributed by atoms with van der Waals surface area (Å²) in [6.07, 6.45) is 5.93. The molecule has 5 atom stereocenters. The van der Waals surface area contributed by atoms with Crippen LogP contribution in [-0.2, 0) is 4.79 Å². The second-order valence-electron chi connectivity index (χ2n) is 10.4. The van der Waals surface area contributed by atoms with Gasteiger partial charge in [0.15, 0.2) is 0 Å². The third kappa shape index (κ3) is 3.80. The van der Waals surface area contributed by atoms with E-state index in [4.69, 9.17) is 4.74 Å². The van der Waals surface area contributed by atoms with Crippen LogP contribution in [0.1, 0.15) is 67.8 Å². The summed E-state index contributed by atoms with van der Waals surface area (Å²) < 4.78 is 35.4. The number of carboxylic acid groups (broad SMARTS) is 1. The van der Waals surface area contributed by atoms with E-state index in [-0.39, 0.29) is 23.4 Å². The van der Waals surface area contributed by atoms with E-state index >= 15 is 4.39 Å². The van der Waals surface area contributed by atoms with Gasteiger partial charge in [-0.05, 0) is 55.6 Å². The van der Waals surface area contributed by atoms with Gasteiger partial charge >= 0.3 is 5.97 Å². The number of amides is 1. The molecular weight excluding hydrogens is 416 g/mol. The maximum atomic E-state index is 15.1. The molecule has 0 radical (unpaired) electrons. The van der Waals surface area contributed by atoms with Crippen molar-refractivity contribution in [2.24, 2.45) is 17.3 Å². The van der Waals surface area contributed by atoms with Crippen molar-refractivity contribution in [1.82, 2.24) is 4.90 Å². The molecule has 1 heterocycles. The number of hydrogen-bond acceptors (Lipinski definition) is 3. The first-order valence-corrected chi connectivity index (χ1v) is 11.5. The Balaban J connectivity index is 1.39. The second kappa shape index (κ2) is 7.56. The molecule has 3 aliphatic carbocycles. The van der Waals surface area contributed by atoms with Gasteiger partial charge in [-0.15, -0.1) is 0 Å². The highest BCUT2D eigenvalue weighted by atomic mass is 19.1. The van der Waals surface area contributed by atoms with E-state index in [9.17, 15) is 19.1 Å². The van der Waals surface area contributed by atoms with Crippen LogP contribution in [-0.4, -0.2) is 47.2 Å². The Kier molecular flexibility index (Phi) is 5.06. The molecule has 1 N–H and O–H groups in total. The first-order chi connectivity index (χ1) is 15.2. The average Bonchev–Trinajstić information content (AvgIpc) is 3.65. The minimum Gasteiger partial charge on any atom is -0.493 e. The summed E-state index contributed by atoms with van der Waals surface area (Å²) in [5.74, 6) is -2.33. The number of nitrogens with zero attached hydrogens (tertiary/aromatic N) is 1. The van der Waals surface area contributed by atoms with Crippen LogP contribution in [0.25, 0.3) is 0 Å². The van der Waals surface area contributed by atoms with Gasteiger partial charge in [-0.1, -0.05) is 25.5 Å². The molecule has 7 heteroatoms. The van der Waals surface area contributed by atoms with Crippen LogP contribution in [0.4, 0.5) is 8.78 Å². The summed E-state index contributed by atoms with van der Waals surface area (Å²) in [7, 11) is 0. The van der Waals surface area contributed by atoms with E-state index in [2.05, 4.69) is 13.0 Å². The number of ether oxygens (including phenoxy) is 1. The van der Waals surface area contributed by atoms with Crippen LogP contribution in [0, 0.1) is 23.1 Å². The lowest BCUT2D eigenvalue weighted by Crippen LogP contribution is -2.43. The van der Waals surface area contributed by atoms with E-state index in [0.29, 0.717) is 18.3 Å². The number of alkyl halides is 1. The number of likely N-dealkylation sites (tertiary alicyclic amines) is 1. The quantitative estimate of drug-likeness (QED) is 0.644. The number of allylic oxidation sites excluding steroid dienone is 2. The van der Waals surface area contributed by atoms with Crippen molar-refractivity contribution >= 4 is 11.9 Å². The average molecular weight is 446 g/mol. The van der Waals surface area contributed by atoms with Crippen molar-refractivity contribution in [3.63, 3.8) is 0 Å². The topological polar surface area (TPSA) is 66.8 Å². The van der Waals surface area contributed by atoms with Crippen molar-refractivity contribution in [1.29, 1.82) is 0 Å². The molecule has 5 rings (SSSR count). The van der Waals surface area contributed by atoms with Gasteiger partial charge in [0.25, 0.3) is 5.91 Å². The lowest BCUT2D eigenvalue weighted by atomic mass is 9.79. The number of benzene rings is 1. The van der Waals surface area contributed by atoms with E-state index < -0.39 is 35.8 Å². The molecule has 1 aromatic carbocycles. The molecule has 1 amide bonds. The summed E-state index contributed by atoms with van der Waals surface area (Å²) in [5, 5.41) is 9.50. The van der Waals surface area contributed by atoms with Crippen molar-refractivity contribution in [2.45, 2.75) is 64.1 Å². The molecule has 4 aliphatic rings. The largest absolute Gasteiger partial charge is 0.493 e. The van der Waals surface area contributed by atoms with E-state index in [1.807, 2.05) is 0 Å². The van der Waals surface area contributed by atoms with E-state index in [1.54, 1.807) is 5.57 Å². The Labute approximate surface area is 186 Å². The molecule has 2 unspecified atom stereocenters. The Hall–Kier alpha value is -2.44. The van der Waals surface area contributed by atoms with Crippen molar-refractivity contribution in [3.05, 3.63) is 40.7 Å². The molecule has 1 aromatic rings. The Morgan fingerprint density at radius 2 is 2.03 bits per heavy atom. The fraction of sp³-hybridized carbons (Fsp3) is 0.600. The number of halogens is 2. The number of aliphatic carboxylic acids is 1. The summed E-state index contributed by atoms with van der Waals surface area (Å²) in [4.78, 5) is 25.7. The number of hydrogen-bond donors (Lipinski definition) is 1. The van der Waals surface area contributed by atoms with Gasteiger partial charge in [-0.25, -0.2) is 13.6 Å². The summed E-state index contributed by atoms with van der Waals surface area (Å²) in [5.41, 5.74) is 2.13. The van der Waals surface area contributed by atoms with Gasteiger partial charge in [-0.2, -0.15) is 0 Å². The summed E-state index contributed by atoms with van der Waals surface area (Å²) >= 11 is 0. The van der Waals surface area contributed by atoms with Gasteiger partial charge in [0, 0.05) is 17.4 Å². The fourth-order valence-electron chi connectivity index (χ4n) is 5.35. The standard InChI is InChI=1S/C25H29F2NO4/c1-13-20(27)11-28(22(13)24(30)31)23(29)18-8-17(14-3-4-14)21(9-19(18)26)32-12-25(2)6-5-15-7-16(15)10-25/h5,8-9,13-14,16,20,22H,3-4,6-7,10-12H2,1-2H3,(H,30,31)/t13-,16?,20-,22+,25?/m1/s1. The zero-order valence-electron chi connectivity index (χ0n) is 18.4. The highest BCUT2D eigenvalue weighted by Crippen LogP contribution is 2.52. The van der Waals surface area contributed by atoms with Crippen molar-refractivity contribution < 1.29 is 28.2 Å². The molecule has 1 aliphatic heterocycles. The molecule has 32 heavy (non-hydrogen) atoms. The molecule has 1 saturated heterocycles. The number of rotatable bonds is 6. The Morgan fingerprint density at radius 3 is 2.69 bits per heavy atom. The number of fused-ring (bicyclic) bond motifs is 1. The minimum absolute atomic E-state index is 0.00694. The summed E-state index contributed by atoms with van der Waals surface area (Å²) in [6, 6.07) is 1.46. The highest BCUT2D eigenvalue weighted by Gasteiger charge is 2.47. The SMILES string of the molecule is C[C@@H]1[C@H](F)CN(C(=O)c2cc(C3CC3)c(OCC3(C)CC=C4CC4C3)cc2F)[C@@H]1C(=O)O. The third-order valence-electron chi connectivity index (χ3n) is 7.66. The van der Waals surface area contributed by atoms with E-state index in [1.165, 1.54) is 25.5 Å². The first-order valence-electron chi connectivity index (χ1n) is 11.5. The molecular formula is C25H29F2NO4. The van der Waals surface area contributed by atoms with Gasteiger partial charge in [0.2, 0.25) is 0 Å². The van der Waals surface area contributed by atoms with Crippen LogP contribution in [0.15, 0.2) is 23.8 Å². The van der Waals surface area contributed by atoms with Crippen LogP contribution in [0.3, 0.4) is 0 Å². The van der Waals surface area contributed by atoms with Gasteiger partial charge in [-0.3, -0.25) is 4.79 Å². The zero-order valence-corrected chi connectivity index (χ0v) is 18.4. The van der Waals surface area contributed by atoms with Crippen LogP contribution in [0.5, 0.6) is 5.75 Å². The third-order valence-corrected chi connectivity index (χ3v) is 7.66. The number of carbonyl (C=O) groups is 2. The molecule has 0 bridgehead atoms. The lowest BCUT2D eigenvalue weighted by molar-refractivity contribution is -0.142. The van der Waals surface area contributed by atoms with E-state index in [0.717, 1.165) is 36.1 Å². The lowest BCUT2D eigenvalue weighted by Gasteiger charge is -2.31. The predicted octanol–water partition coefficient (Wildman–Crippen LogP) is 4.71. The Morgan fingerprint density at radius 1 is 1.28 bits per heavy atom. The molecule has 172 valence electrons. The maximum Gasteiger partial charge on any atom is 0.326 e. The summed E-state index contributed by atoms with van der Waals surface area (Å²) in [6.45, 7) is 3.79. The second-order valence-corrected chi connectivity index (χ2v) is 10.4. The Bertz CT molecular complexity index is 1000. The minimum atomic E-state index is -1.45. The number of carbonyl (C=O) groups excluding carboxylic acids is 1. The van der Waals surface area contributed by atoms with Gasteiger partial charge < -0.3 is 14.7 Å². The van der Waals surface area contributed by atoms with Crippen molar-refractivity contribution in [2.75, 3.05) is 13.2 Å². The molecule has 0 aromatic heterocycles. The van der Waals surface area contributed by atoms with Crippen LogP contribution in [0.2, 0.25) is 0 Å². The molecule has 0 spiro atoms. The zero-order chi connectivity index (χ0) is 22.8. The number of carboxylic acids is 1. The van der Waals surface area contributed by atoms with Gasteiger partial charge in [0.05, 0.1) is 18.7 Å². The maximum absolute atomic E-state index is 15.1.